The molecule has 0 saturated carbocycles. The Morgan fingerprint density at radius 1 is 1.17 bits per heavy atom. The van der Waals surface area contributed by atoms with Crippen molar-refractivity contribution in [2.45, 2.75) is 38.3 Å². The summed E-state index contributed by atoms with van der Waals surface area (Å²) in [4.78, 5) is 4.90. The van der Waals surface area contributed by atoms with Gasteiger partial charge in [-0.25, -0.2) is 0 Å². The fraction of sp³-hybridized carbons (Fsp3) is 1.00. The van der Waals surface area contributed by atoms with Gasteiger partial charge in [0.1, 0.15) is 0 Å². The van der Waals surface area contributed by atoms with E-state index in [1.54, 1.807) is 0 Å². The van der Waals surface area contributed by atoms with E-state index in [-0.39, 0.29) is 0 Å². The topological polar surface area (TPSA) is 24.9 Å². The van der Waals surface area contributed by atoms with Gasteiger partial charge in [0.05, 0.1) is 19.3 Å². The Balaban J connectivity index is 1.56. The number of likely N-dealkylation sites (tertiary alicyclic amines) is 1. The van der Waals surface area contributed by atoms with Crippen molar-refractivity contribution >= 4 is 0 Å². The molecule has 0 aromatic heterocycles. The number of rotatable bonds is 5. The first kappa shape index (κ1) is 14.3. The third-order valence-electron chi connectivity index (χ3n) is 4.22. The van der Waals surface area contributed by atoms with Gasteiger partial charge in [0.25, 0.3) is 0 Å². The van der Waals surface area contributed by atoms with Crippen LogP contribution in [-0.4, -0.2) is 75.0 Å². The van der Waals surface area contributed by atoms with Gasteiger partial charge in [0, 0.05) is 38.8 Å². The number of morpholine rings is 1. The molecule has 0 spiro atoms. The van der Waals surface area contributed by atoms with E-state index in [4.69, 9.17) is 9.47 Å². The summed E-state index contributed by atoms with van der Waals surface area (Å²) in [6.45, 7) is 9.52. The van der Waals surface area contributed by atoms with Gasteiger partial charge in [-0.05, 0) is 33.2 Å². The highest BCUT2D eigenvalue weighted by Gasteiger charge is 2.19. The van der Waals surface area contributed by atoms with Crippen LogP contribution in [0.3, 0.4) is 0 Å². The predicted molar refractivity (Wildman–Crippen MR) is 72.9 cm³/mol. The summed E-state index contributed by atoms with van der Waals surface area (Å²) in [6.07, 6.45) is 4.04. The van der Waals surface area contributed by atoms with Crippen molar-refractivity contribution in [2.75, 3.05) is 53.0 Å². The summed E-state index contributed by atoms with van der Waals surface area (Å²) in [5.74, 6) is 0. The molecule has 2 rings (SSSR count). The predicted octanol–water partition coefficient (Wildman–Crippen LogP) is 1.21. The summed E-state index contributed by atoms with van der Waals surface area (Å²) < 4.78 is 11.4. The molecule has 0 radical (unpaired) electrons. The number of nitrogens with zero attached hydrogens (tertiary/aromatic N) is 2. The molecule has 0 aliphatic carbocycles. The zero-order chi connectivity index (χ0) is 12.8. The molecular weight excluding hydrogens is 228 g/mol. The fourth-order valence-corrected chi connectivity index (χ4v) is 2.76. The van der Waals surface area contributed by atoms with Crippen LogP contribution in [0, 0.1) is 0 Å². The smallest absolute Gasteiger partial charge is 0.0599 e. The van der Waals surface area contributed by atoms with Gasteiger partial charge in [0.2, 0.25) is 0 Å². The molecule has 2 aliphatic heterocycles. The van der Waals surface area contributed by atoms with E-state index < -0.39 is 0 Å². The quantitative estimate of drug-likeness (QED) is 0.738. The Labute approximate surface area is 111 Å². The summed E-state index contributed by atoms with van der Waals surface area (Å²) in [7, 11) is 2.19. The van der Waals surface area contributed by atoms with Crippen LogP contribution in [0.1, 0.15) is 26.2 Å². The van der Waals surface area contributed by atoms with Crippen molar-refractivity contribution in [3.05, 3.63) is 0 Å². The van der Waals surface area contributed by atoms with Crippen molar-refractivity contribution in [3.63, 3.8) is 0 Å². The molecule has 2 fully saturated rings. The molecule has 1 atom stereocenters. The SMILES string of the molecule is CC(CCOC1CCN(C)CC1)N1CCOCC1. The molecule has 2 aliphatic rings. The molecule has 4 nitrogen and oxygen atoms in total. The van der Waals surface area contributed by atoms with Gasteiger partial charge in [-0.2, -0.15) is 0 Å². The second-order valence-electron chi connectivity index (χ2n) is 5.66. The van der Waals surface area contributed by atoms with Crippen LogP contribution < -0.4 is 0 Å². The molecule has 0 bridgehead atoms. The summed E-state index contributed by atoms with van der Waals surface area (Å²) in [5.41, 5.74) is 0. The number of hydrogen-bond donors (Lipinski definition) is 0. The molecule has 2 saturated heterocycles. The maximum atomic E-state index is 6.01. The van der Waals surface area contributed by atoms with E-state index in [9.17, 15) is 0 Å². The molecule has 0 aromatic carbocycles. The highest BCUT2D eigenvalue weighted by molar-refractivity contribution is 4.72. The average molecular weight is 256 g/mol. The van der Waals surface area contributed by atoms with Gasteiger partial charge >= 0.3 is 0 Å². The monoisotopic (exact) mass is 256 g/mol. The lowest BCUT2D eigenvalue weighted by molar-refractivity contribution is -0.0124. The Kier molecular flexibility index (Phi) is 5.89. The van der Waals surface area contributed by atoms with Crippen LogP contribution >= 0.6 is 0 Å². The Morgan fingerprint density at radius 3 is 2.50 bits per heavy atom. The van der Waals surface area contributed by atoms with Crippen LogP contribution in [0.2, 0.25) is 0 Å². The maximum absolute atomic E-state index is 6.01. The van der Waals surface area contributed by atoms with E-state index in [0.717, 1.165) is 39.3 Å². The number of piperidine rings is 1. The number of ether oxygens (including phenoxy) is 2. The lowest BCUT2D eigenvalue weighted by Crippen LogP contribution is -2.42. The largest absolute Gasteiger partial charge is 0.379 e. The van der Waals surface area contributed by atoms with Crippen LogP contribution in [0.4, 0.5) is 0 Å². The standard InChI is InChI=1S/C14H28N2O2/c1-13(16-8-11-17-12-9-16)5-10-18-14-3-6-15(2)7-4-14/h13-14H,3-12H2,1-2H3. The minimum Gasteiger partial charge on any atom is -0.379 e. The van der Waals surface area contributed by atoms with E-state index in [0.29, 0.717) is 12.1 Å². The van der Waals surface area contributed by atoms with Crippen molar-refractivity contribution in [1.82, 2.24) is 9.80 Å². The number of hydrogen-bond acceptors (Lipinski definition) is 4. The normalized spacial score (nSPS) is 26.3. The molecule has 0 amide bonds. The first-order chi connectivity index (χ1) is 8.75. The lowest BCUT2D eigenvalue weighted by atomic mass is 10.1. The van der Waals surface area contributed by atoms with E-state index in [1.807, 2.05) is 0 Å². The van der Waals surface area contributed by atoms with Crippen molar-refractivity contribution in [1.29, 1.82) is 0 Å². The van der Waals surface area contributed by atoms with Gasteiger partial charge in [-0.1, -0.05) is 0 Å². The molecule has 18 heavy (non-hydrogen) atoms. The Bertz CT molecular complexity index is 224. The molecule has 1 unspecified atom stereocenters. The van der Waals surface area contributed by atoms with Gasteiger partial charge < -0.3 is 14.4 Å². The lowest BCUT2D eigenvalue weighted by Gasteiger charge is -2.33. The Morgan fingerprint density at radius 2 is 1.83 bits per heavy atom. The highest BCUT2D eigenvalue weighted by Crippen LogP contribution is 2.14. The third-order valence-corrected chi connectivity index (χ3v) is 4.22. The van der Waals surface area contributed by atoms with Gasteiger partial charge in [0.15, 0.2) is 0 Å². The molecule has 0 N–H and O–H groups in total. The Hall–Kier alpha value is -0.160. The molecule has 106 valence electrons. The first-order valence-electron chi connectivity index (χ1n) is 7.37. The van der Waals surface area contributed by atoms with E-state index in [1.165, 1.54) is 25.9 Å². The van der Waals surface area contributed by atoms with Crippen LogP contribution in [0.5, 0.6) is 0 Å². The summed E-state index contributed by atoms with van der Waals surface area (Å²) >= 11 is 0. The molecule has 4 heteroatoms. The van der Waals surface area contributed by atoms with Crippen LogP contribution in [0.15, 0.2) is 0 Å². The summed E-state index contributed by atoms with van der Waals surface area (Å²) in [6, 6.07) is 0.625. The molecular formula is C14H28N2O2. The van der Waals surface area contributed by atoms with Crippen molar-refractivity contribution in [3.8, 4) is 0 Å². The second kappa shape index (κ2) is 7.43. The van der Waals surface area contributed by atoms with E-state index >= 15 is 0 Å². The fourth-order valence-electron chi connectivity index (χ4n) is 2.76. The summed E-state index contributed by atoms with van der Waals surface area (Å²) in [5, 5.41) is 0. The van der Waals surface area contributed by atoms with Gasteiger partial charge in [-0.3, -0.25) is 4.90 Å². The zero-order valence-corrected chi connectivity index (χ0v) is 11.9. The van der Waals surface area contributed by atoms with Gasteiger partial charge in [-0.15, -0.1) is 0 Å². The van der Waals surface area contributed by atoms with Crippen molar-refractivity contribution < 1.29 is 9.47 Å². The zero-order valence-electron chi connectivity index (χ0n) is 11.9. The minimum absolute atomic E-state index is 0.498. The molecule has 2 heterocycles. The molecule has 0 aromatic rings. The van der Waals surface area contributed by atoms with Crippen LogP contribution in [-0.2, 0) is 9.47 Å². The van der Waals surface area contributed by atoms with Crippen LogP contribution in [0.25, 0.3) is 0 Å². The maximum Gasteiger partial charge on any atom is 0.0599 e. The average Bonchev–Trinajstić information content (AvgIpc) is 2.42. The minimum atomic E-state index is 0.498. The van der Waals surface area contributed by atoms with E-state index in [2.05, 4.69) is 23.8 Å². The second-order valence-corrected chi connectivity index (χ2v) is 5.66. The van der Waals surface area contributed by atoms with Crippen molar-refractivity contribution in [2.24, 2.45) is 0 Å². The first-order valence-corrected chi connectivity index (χ1v) is 7.37. The third kappa shape index (κ3) is 4.50. The highest BCUT2D eigenvalue weighted by atomic mass is 16.5.